The SMILES string of the molecule is O=C(Cc1ccc(Cl)cc1)c1cccc(OC(F)F)c1. The third-order valence-corrected chi connectivity index (χ3v) is 2.91. The lowest BCUT2D eigenvalue weighted by Crippen LogP contribution is -2.06. The second-order valence-corrected chi connectivity index (χ2v) is 4.57. The molecule has 0 amide bonds. The molecular formula is C15H11ClF2O2. The second-order valence-electron chi connectivity index (χ2n) is 4.13. The van der Waals surface area contributed by atoms with Crippen LogP contribution in [0.25, 0.3) is 0 Å². The Morgan fingerprint density at radius 2 is 1.85 bits per heavy atom. The molecule has 2 nitrogen and oxygen atoms in total. The highest BCUT2D eigenvalue weighted by Crippen LogP contribution is 2.18. The van der Waals surface area contributed by atoms with Crippen molar-refractivity contribution in [2.75, 3.05) is 0 Å². The lowest BCUT2D eigenvalue weighted by molar-refractivity contribution is -0.0498. The molecule has 0 unspecified atom stereocenters. The van der Waals surface area contributed by atoms with Gasteiger partial charge in [0.2, 0.25) is 0 Å². The zero-order valence-electron chi connectivity index (χ0n) is 10.4. The van der Waals surface area contributed by atoms with Gasteiger partial charge in [-0.1, -0.05) is 35.9 Å². The van der Waals surface area contributed by atoms with Crippen LogP contribution in [0, 0.1) is 0 Å². The smallest absolute Gasteiger partial charge is 0.387 e. The molecule has 2 rings (SSSR count). The minimum absolute atomic E-state index is 0.0260. The zero-order chi connectivity index (χ0) is 14.5. The van der Waals surface area contributed by atoms with Gasteiger partial charge in [0, 0.05) is 17.0 Å². The van der Waals surface area contributed by atoms with Gasteiger partial charge >= 0.3 is 6.61 Å². The Bertz CT molecular complexity index is 597. The molecule has 0 aliphatic heterocycles. The van der Waals surface area contributed by atoms with Crippen LogP contribution in [0.4, 0.5) is 8.78 Å². The van der Waals surface area contributed by atoms with Gasteiger partial charge in [0.05, 0.1) is 0 Å². The molecule has 0 spiro atoms. The summed E-state index contributed by atoms with van der Waals surface area (Å²) in [6.45, 7) is -2.91. The van der Waals surface area contributed by atoms with Crippen molar-refractivity contribution in [2.24, 2.45) is 0 Å². The lowest BCUT2D eigenvalue weighted by atomic mass is 10.0. The molecule has 0 fully saturated rings. The maximum absolute atomic E-state index is 12.1. The minimum Gasteiger partial charge on any atom is -0.435 e. The minimum atomic E-state index is -2.91. The molecule has 0 saturated carbocycles. The fourth-order valence-corrected chi connectivity index (χ4v) is 1.86. The van der Waals surface area contributed by atoms with E-state index in [9.17, 15) is 13.6 Å². The van der Waals surface area contributed by atoms with Gasteiger partial charge in [0.1, 0.15) is 5.75 Å². The second kappa shape index (κ2) is 6.48. The summed E-state index contributed by atoms with van der Waals surface area (Å²) in [6.07, 6.45) is 0.176. The average Bonchev–Trinajstić information content (AvgIpc) is 2.41. The van der Waals surface area contributed by atoms with E-state index in [0.29, 0.717) is 10.6 Å². The van der Waals surface area contributed by atoms with Crippen LogP contribution in [0.3, 0.4) is 0 Å². The molecule has 20 heavy (non-hydrogen) atoms. The number of rotatable bonds is 5. The molecule has 0 atom stereocenters. The van der Waals surface area contributed by atoms with E-state index in [1.165, 1.54) is 18.2 Å². The molecule has 0 radical (unpaired) electrons. The number of hydrogen-bond acceptors (Lipinski definition) is 2. The monoisotopic (exact) mass is 296 g/mol. The van der Waals surface area contributed by atoms with E-state index in [4.69, 9.17) is 11.6 Å². The third kappa shape index (κ3) is 4.03. The highest BCUT2D eigenvalue weighted by molar-refractivity contribution is 6.30. The number of halogens is 3. The van der Waals surface area contributed by atoms with Crippen LogP contribution in [-0.4, -0.2) is 12.4 Å². The first-order valence-corrected chi connectivity index (χ1v) is 6.25. The molecule has 0 saturated heterocycles. The van der Waals surface area contributed by atoms with Gasteiger partial charge in [-0.15, -0.1) is 0 Å². The van der Waals surface area contributed by atoms with Crippen molar-refractivity contribution < 1.29 is 18.3 Å². The van der Waals surface area contributed by atoms with E-state index < -0.39 is 6.61 Å². The molecule has 0 bridgehead atoms. The Balaban J connectivity index is 2.10. The van der Waals surface area contributed by atoms with Crippen molar-refractivity contribution in [2.45, 2.75) is 13.0 Å². The first-order chi connectivity index (χ1) is 9.54. The average molecular weight is 297 g/mol. The number of alkyl halides is 2. The van der Waals surface area contributed by atoms with Crippen LogP contribution in [0.15, 0.2) is 48.5 Å². The van der Waals surface area contributed by atoms with Crippen molar-refractivity contribution in [3.05, 3.63) is 64.7 Å². The van der Waals surface area contributed by atoms with Gasteiger partial charge in [-0.25, -0.2) is 0 Å². The summed E-state index contributed by atoms with van der Waals surface area (Å²) in [6, 6.07) is 12.7. The zero-order valence-corrected chi connectivity index (χ0v) is 11.1. The van der Waals surface area contributed by atoms with Gasteiger partial charge in [-0.2, -0.15) is 8.78 Å². The molecule has 0 aliphatic rings. The van der Waals surface area contributed by atoms with Gasteiger partial charge in [-0.05, 0) is 29.8 Å². The highest BCUT2D eigenvalue weighted by atomic mass is 35.5. The predicted molar refractivity (Wildman–Crippen MR) is 72.6 cm³/mol. The van der Waals surface area contributed by atoms with Crippen LogP contribution < -0.4 is 4.74 Å². The Morgan fingerprint density at radius 1 is 1.15 bits per heavy atom. The summed E-state index contributed by atoms with van der Waals surface area (Å²) in [5.41, 5.74) is 1.14. The Hall–Kier alpha value is -1.94. The highest BCUT2D eigenvalue weighted by Gasteiger charge is 2.10. The van der Waals surface area contributed by atoms with Crippen LogP contribution >= 0.6 is 11.6 Å². The first kappa shape index (κ1) is 14.5. The van der Waals surface area contributed by atoms with Crippen LogP contribution in [-0.2, 0) is 6.42 Å². The molecule has 0 N–H and O–H groups in total. The van der Waals surface area contributed by atoms with E-state index in [2.05, 4.69) is 4.74 Å². The van der Waals surface area contributed by atoms with Gasteiger partial charge in [0.25, 0.3) is 0 Å². The lowest BCUT2D eigenvalue weighted by Gasteiger charge is -2.06. The van der Waals surface area contributed by atoms with Gasteiger partial charge in [0.15, 0.2) is 5.78 Å². The fourth-order valence-electron chi connectivity index (χ4n) is 1.74. The van der Waals surface area contributed by atoms with Gasteiger partial charge < -0.3 is 4.74 Å². The van der Waals surface area contributed by atoms with Crippen LogP contribution in [0.1, 0.15) is 15.9 Å². The van der Waals surface area contributed by atoms with E-state index in [-0.39, 0.29) is 18.0 Å². The molecule has 2 aromatic rings. The molecule has 5 heteroatoms. The summed E-state index contributed by atoms with van der Waals surface area (Å²) < 4.78 is 28.5. The number of carbonyl (C=O) groups is 1. The van der Waals surface area contributed by atoms with E-state index in [0.717, 1.165) is 5.56 Å². The molecule has 0 aromatic heterocycles. The summed E-state index contributed by atoms with van der Waals surface area (Å²) >= 11 is 5.76. The number of ether oxygens (including phenoxy) is 1. The Kier molecular flexibility index (Phi) is 4.69. The number of Topliss-reactive ketones (excluding diaryl/α,β-unsaturated/α-hetero) is 1. The van der Waals surface area contributed by atoms with Crippen LogP contribution in [0.5, 0.6) is 5.75 Å². The summed E-state index contributed by atoms with van der Waals surface area (Å²) in [4.78, 5) is 12.1. The molecular weight excluding hydrogens is 286 g/mol. The van der Waals surface area contributed by atoms with Crippen molar-refractivity contribution in [3.63, 3.8) is 0 Å². The first-order valence-electron chi connectivity index (χ1n) is 5.87. The van der Waals surface area contributed by atoms with E-state index in [1.807, 2.05) is 0 Å². The van der Waals surface area contributed by atoms with Crippen LogP contribution in [0.2, 0.25) is 5.02 Å². The topological polar surface area (TPSA) is 26.3 Å². The van der Waals surface area contributed by atoms with E-state index in [1.54, 1.807) is 30.3 Å². The number of carbonyl (C=O) groups excluding carboxylic acids is 1. The van der Waals surface area contributed by atoms with Gasteiger partial charge in [-0.3, -0.25) is 4.79 Å². The maximum atomic E-state index is 12.1. The predicted octanol–water partition coefficient (Wildman–Crippen LogP) is 4.37. The third-order valence-electron chi connectivity index (χ3n) is 2.66. The number of ketones is 1. The van der Waals surface area contributed by atoms with E-state index >= 15 is 0 Å². The summed E-state index contributed by atoms with van der Waals surface area (Å²) in [5, 5.41) is 0.591. The Morgan fingerprint density at radius 3 is 2.50 bits per heavy atom. The standard InChI is InChI=1S/C15H11ClF2O2/c16-12-6-4-10(5-7-12)8-14(19)11-2-1-3-13(9-11)20-15(17)18/h1-7,9,15H,8H2. The van der Waals surface area contributed by atoms with Crippen molar-refractivity contribution in [1.82, 2.24) is 0 Å². The molecule has 0 aliphatic carbocycles. The largest absolute Gasteiger partial charge is 0.435 e. The summed E-state index contributed by atoms with van der Waals surface area (Å²) in [5.74, 6) is -0.200. The summed E-state index contributed by atoms with van der Waals surface area (Å²) in [7, 11) is 0. The fraction of sp³-hybridized carbons (Fsp3) is 0.133. The van der Waals surface area contributed by atoms with Crippen molar-refractivity contribution >= 4 is 17.4 Å². The van der Waals surface area contributed by atoms with Crippen molar-refractivity contribution in [1.29, 1.82) is 0 Å². The molecule has 104 valence electrons. The van der Waals surface area contributed by atoms with Crippen molar-refractivity contribution in [3.8, 4) is 5.75 Å². The number of benzene rings is 2. The molecule has 2 aromatic carbocycles. The Labute approximate surface area is 119 Å². The quantitative estimate of drug-likeness (QED) is 0.766. The maximum Gasteiger partial charge on any atom is 0.387 e. The normalized spacial score (nSPS) is 10.6. The molecule has 0 heterocycles. The number of hydrogen-bond donors (Lipinski definition) is 0.